The van der Waals surface area contributed by atoms with E-state index in [4.69, 9.17) is 4.84 Å². The molecule has 0 aromatic heterocycles. The molecule has 2 aromatic rings. The summed E-state index contributed by atoms with van der Waals surface area (Å²) in [4.78, 5) is 5.97. The van der Waals surface area contributed by atoms with Gasteiger partial charge in [0.15, 0.2) is 0 Å². The Hall–Kier alpha value is -1.64. The van der Waals surface area contributed by atoms with Crippen LogP contribution in [0.15, 0.2) is 60.7 Å². The van der Waals surface area contributed by atoms with Gasteiger partial charge in [0.25, 0.3) is 0 Å². The van der Waals surface area contributed by atoms with E-state index in [2.05, 4.69) is 67.4 Å². The van der Waals surface area contributed by atoms with Gasteiger partial charge >= 0.3 is 0 Å². The lowest BCUT2D eigenvalue weighted by Crippen LogP contribution is -2.22. The van der Waals surface area contributed by atoms with Gasteiger partial charge in [-0.05, 0) is 13.8 Å². The molecule has 0 amide bonds. The fourth-order valence-corrected chi connectivity index (χ4v) is 2.45. The maximum absolute atomic E-state index is 5.97. The highest BCUT2D eigenvalue weighted by atomic mass is 16.9. The highest BCUT2D eigenvalue weighted by molar-refractivity contribution is 5.38. The van der Waals surface area contributed by atoms with Gasteiger partial charge in [0.2, 0.25) is 5.72 Å². The molecular weight excluding hydrogens is 222 g/mol. The molecule has 0 bridgehead atoms. The monoisotopic (exact) mass is 239 g/mol. The lowest BCUT2D eigenvalue weighted by molar-refractivity contribution is 0.162. The smallest absolute Gasteiger partial charge is 0.215 e. The van der Waals surface area contributed by atoms with Crippen molar-refractivity contribution in [2.75, 3.05) is 0 Å². The summed E-state index contributed by atoms with van der Waals surface area (Å²) in [6.45, 7) is 4.29. The molecular formula is C16H17NO. The Bertz CT molecular complexity index is 482. The zero-order chi connectivity index (χ0) is 12.6. The quantitative estimate of drug-likeness (QED) is 0.761. The number of hydrogen-bond acceptors (Lipinski definition) is 2. The molecule has 2 heteroatoms. The van der Waals surface area contributed by atoms with Crippen molar-refractivity contribution < 1.29 is 4.84 Å². The Kier molecular flexibility index (Phi) is 2.69. The van der Waals surface area contributed by atoms with Crippen LogP contribution in [0, 0.1) is 0 Å². The first-order valence-corrected chi connectivity index (χ1v) is 6.34. The van der Waals surface area contributed by atoms with E-state index in [1.165, 1.54) is 11.1 Å². The Balaban J connectivity index is 2.08. The van der Waals surface area contributed by atoms with Gasteiger partial charge in [-0.2, -0.15) is 0 Å². The highest BCUT2D eigenvalue weighted by Crippen LogP contribution is 2.51. The first-order valence-electron chi connectivity index (χ1n) is 6.34. The van der Waals surface area contributed by atoms with Crippen molar-refractivity contribution >= 4 is 0 Å². The van der Waals surface area contributed by atoms with Gasteiger partial charge in [0.1, 0.15) is 0 Å². The van der Waals surface area contributed by atoms with Crippen LogP contribution in [0.5, 0.6) is 0 Å². The number of hydroxylamine groups is 2. The van der Waals surface area contributed by atoms with E-state index in [-0.39, 0.29) is 0 Å². The molecule has 1 saturated heterocycles. The van der Waals surface area contributed by atoms with Crippen LogP contribution in [-0.2, 0) is 10.6 Å². The Morgan fingerprint density at radius 1 is 0.833 bits per heavy atom. The number of rotatable bonds is 3. The van der Waals surface area contributed by atoms with Crippen molar-refractivity contribution in [1.29, 1.82) is 0 Å². The zero-order valence-corrected chi connectivity index (χ0v) is 10.7. The van der Waals surface area contributed by atoms with E-state index in [9.17, 15) is 0 Å². The molecule has 1 fully saturated rings. The molecule has 1 atom stereocenters. The number of benzene rings is 2. The van der Waals surface area contributed by atoms with E-state index in [1.807, 2.05) is 12.1 Å². The fraction of sp³-hybridized carbons (Fsp3) is 0.250. The Morgan fingerprint density at radius 2 is 1.28 bits per heavy atom. The van der Waals surface area contributed by atoms with Gasteiger partial charge in [-0.3, -0.25) is 4.84 Å². The van der Waals surface area contributed by atoms with Gasteiger partial charge in [-0.1, -0.05) is 60.7 Å². The average molecular weight is 239 g/mol. The minimum Gasteiger partial charge on any atom is -0.261 e. The summed E-state index contributed by atoms with van der Waals surface area (Å²) in [7, 11) is 0. The molecule has 0 spiro atoms. The minimum atomic E-state index is -0.392. The van der Waals surface area contributed by atoms with Crippen LogP contribution in [0.1, 0.15) is 25.0 Å². The van der Waals surface area contributed by atoms with E-state index in [0.717, 1.165) is 0 Å². The molecule has 0 N–H and O–H groups in total. The fourth-order valence-electron chi connectivity index (χ4n) is 2.45. The normalized spacial score (nSPS) is 20.9. The zero-order valence-electron chi connectivity index (χ0n) is 10.7. The standard InChI is InChI=1S/C16H17NO/c1-13(2)17-16(18-17,14-9-5-3-6-10-14)15-11-7-4-8-12-15/h3-13H,1-2H3. The lowest BCUT2D eigenvalue weighted by atomic mass is 9.96. The highest BCUT2D eigenvalue weighted by Gasteiger charge is 2.59. The topological polar surface area (TPSA) is 15.5 Å². The molecule has 0 saturated carbocycles. The van der Waals surface area contributed by atoms with Crippen LogP contribution < -0.4 is 0 Å². The van der Waals surface area contributed by atoms with Crippen LogP contribution >= 0.6 is 0 Å². The van der Waals surface area contributed by atoms with Gasteiger partial charge in [0.05, 0.1) is 0 Å². The molecule has 1 unspecified atom stereocenters. The van der Waals surface area contributed by atoms with Crippen LogP contribution in [0.4, 0.5) is 0 Å². The summed E-state index contributed by atoms with van der Waals surface area (Å²) in [5.74, 6) is 0. The summed E-state index contributed by atoms with van der Waals surface area (Å²) in [5, 5.41) is 2.05. The van der Waals surface area contributed by atoms with Crippen LogP contribution in [0.2, 0.25) is 0 Å². The van der Waals surface area contributed by atoms with E-state index in [1.54, 1.807) is 0 Å². The lowest BCUT2D eigenvalue weighted by Gasteiger charge is -2.14. The SMILES string of the molecule is CC(C)N1OC1(c1ccccc1)c1ccccc1. The second-order valence-corrected chi connectivity index (χ2v) is 4.89. The molecule has 2 nitrogen and oxygen atoms in total. The summed E-state index contributed by atoms with van der Waals surface area (Å²) in [5.41, 5.74) is 1.98. The molecule has 3 rings (SSSR count). The summed E-state index contributed by atoms with van der Waals surface area (Å²) >= 11 is 0. The first kappa shape index (κ1) is 11.5. The third kappa shape index (κ3) is 1.65. The van der Waals surface area contributed by atoms with Gasteiger partial charge < -0.3 is 0 Å². The molecule has 92 valence electrons. The Labute approximate surface area is 108 Å². The molecule has 2 aromatic carbocycles. The van der Waals surface area contributed by atoms with Crippen molar-refractivity contribution in [3.63, 3.8) is 0 Å². The number of hydrogen-bond donors (Lipinski definition) is 0. The van der Waals surface area contributed by atoms with Gasteiger partial charge in [-0.25, -0.2) is 0 Å². The molecule has 1 aliphatic rings. The third-order valence-corrected chi connectivity index (χ3v) is 3.31. The van der Waals surface area contributed by atoms with E-state index < -0.39 is 5.72 Å². The summed E-state index contributed by atoms with van der Waals surface area (Å²) < 4.78 is 0. The predicted molar refractivity (Wildman–Crippen MR) is 71.7 cm³/mol. The largest absolute Gasteiger partial charge is 0.261 e. The molecule has 0 aliphatic carbocycles. The maximum atomic E-state index is 5.97. The van der Waals surface area contributed by atoms with Gasteiger partial charge in [-0.15, -0.1) is 5.06 Å². The summed E-state index contributed by atoms with van der Waals surface area (Å²) in [6, 6.07) is 21.1. The number of nitrogens with zero attached hydrogens (tertiary/aromatic N) is 1. The Morgan fingerprint density at radius 3 is 1.61 bits per heavy atom. The van der Waals surface area contributed by atoms with Crippen LogP contribution in [0.25, 0.3) is 0 Å². The van der Waals surface area contributed by atoms with E-state index in [0.29, 0.717) is 6.04 Å². The average Bonchev–Trinajstić information content (AvgIpc) is 3.18. The summed E-state index contributed by atoms with van der Waals surface area (Å²) in [6.07, 6.45) is 0. The van der Waals surface area contributed by atoms with Crippen molar-refractivity contribution in [3.8, 4) is 0 Å². The van der Waals surface area contributed by atoms with Crippen LogP contribution in [-0.4, -0.2) is 11.1 Å². The third-order valence-electron chi connectivity index (χ3n) is 3.31. The molecule has 0 radical (unpaired) electrons. The second-order valence-electron chi connectivity index (χ2n) is 4.89. The molecule has 1 aliphatic heterocycles. The molecule has 18 heavy (non-hydrogen) atoms. The van der Waals surface area contributed by atoms with Crippen molar-refractivity contribution in [1.82, 2.24) is 5.06 Å². The molecule has 1 heterocycles. The second kappa shape index (κ2) is 4.23. The van der Waals surface area contributed by atoms with Gasteiger partial charge in [0, 0.05) is 17.2 Å². The van der Waals surface area contributed by atoms with Crippen molar-refractivity contribution in [2.24, 2.45) is 0 Å². The minimum absolute atomic E-state index is 0.352. The maximum Gasteiger partial charge on any atom is 0.215 e. The van der Waals surface area contributed by atoms with Crippen LogP contribution in [0.3, 0.4) is 0 Å². The van der Waals surface area contributed by atoms with Crippen molar-refractivity contribution in [3.05, 3.63) is 71.8 Å². The van der Waals surface area contributed by atoms with Crippen molar-refractivity contribution in [2.45, 2.75) is 25.6 Å². The first-order chi connectivity index (χ1) is 8.75. The predicted octanol–water partition coefficient (Wildman–Crippen LogP) is 3.54. The van der Waals surface area contributed by atoms with E-state index >= 15 is 0 Å².